The Morgan fingerprint density at radius 1 is 1.13 bits per heavy atom. The smallest absolute Gasteiger partial charge is 0.162 e. The number of hydrogen-bond donors (Lipinski definition) is 0. The minimum atomic E-state index is -0.0468. The normalized spacial score (nSPS) is 9.93. The zero-order valence-corrected chi connectivity index (χ0v) is 8.08. The van der Waals surface area contributed by atoms with Gasteiger partial charge in [0.1, 0.15) is 0 Å². The molecule has 5 nitrogen and oxygen atoms in total. The highest BCUT2D eigenvalue weighted by molar-refractivity contribution is 5.93. The van der Waals surface area contributed by atoms with Gasteiger partial charge in [0.15, 0.2) is 11.6 Å². The van der Waals surface area contributed by atoms with Gasteiger partial charge in [0.05, 0.1) is 18.0 Å². The average Bonchev–Trinajstić information content (AvgIpc) is 2.30. The van der Waals surface area contributed by atoms with Crippen LogP contribution in [0.3, 0.4) is 0 Å². The fraction of sp³-hybridized carbons (Fsp3) is 0.100. The Hall–Kier alpha value is -2.17. The van der Waals surface area contributed by atoms with Crippen LogP contribution in [-0.2, 0) is 0 Å². The molecule has 0 fully saturated rings. The van der Waals surface area contributed by atoms with Crippen LogP contribution in [0.5, 0.6) is 0 Å². The fourth-order valence-corrected chi connectivity index (χ4v) is 1.08. The first-order valence-corrected chi connectivity index (χ1v) is 4.37. The molecule has 0 atom stereocenters. The molecule has 0 aliphatic carbocycles. The van der Waals surface area contributed by atoms with Gasteiger partial charge in [0.25, 0.3) is 0 Å². The highest BCUT2D eigenvalue weighted by Gasteiger charge is 2.03. The van der Waals surface area contributed by atoms with Crippen LogP contribution in [0.25, 0.3) is 11.4 Å². The van der Waals surface area contributed by atoms with Crippen LogP contribution in [0.15, 0.2) is 30.9 Å². The molecule has 74 valence electrons. The maximum absolute atomic E-state index is 11.0. The van der Waals surface area contributed by atoms with Crippen molar-refractivity contribution in [1.82, 2.24) is 20.2 Å². The maximum atomic E-state index is 11.0. The molecule has 0 aliphatic heterocycles. The quantitative estimate of drug-likeness (QED) is 0.680. The van der Waals surface area contributed by atoms with E-state index in [1.54, 1.807) is 18.5 Å². The van der Waals surface area contributed by atoms with Crippen molar-refractivity contribution in [3.05, 3.63) is 36.4 Å². The van der Waals surface area contributed by atoms with E-state index in [0.717, 1.165) is 5.56 Å². The maximum Gasteiger partial charge on any atom is 0.162 e. The van der Waals surface area contributed by atoms with Gasteiger partial charge in [0.2, 0.25) is 0 Å². The zero-order valence-electron chi connectivity index (χ0n) is 8.08. The van der Waals surface area contributed by atoms with Crippen LogP contribution >= 0.6 is 0 Å². The molecule has 0 saturated heterocycles. The average molecular weight is 200 g/mol. The number of Topliss-reactive ketones (excluding diaryl/α,β-unsaturated/α-hetero) is 1. The molecule has 0 aromatic carbocycles. The number of rotatable bonds is 2. The topological polar surface area (TPSA) is 68.6 Å². The van der Waals surface area contributed by atoms with Crippen molar-refractivity contribution in [3.8, 4) is 11.4 Å². The summed E-state index contributed by atoms with van der Waals surface area (Å²) in [6.45, 7) is 1.48. The second kappa shape index (κ2) is 3.91. The predicted octanol–water partition coefficient (Wildman–Crippen LogP) is 1.14. The Balaban J connectivity index is 2.36. The van der Waals surface area contributed by atoms with Crippen molar-refractivity contribution in [2.45, 2.75) is 6.92 Å². The van der Waals surface area contributed by atoms with Gasteiger partial charge < -0.3 is 0 Å². The number of nitrogens with zero attached hydrogens (tertiary/aromatic N) is 4. The van der Waals surface area contributed by atoms with Gasteiger partial charge in [-0.3, -0.25) is 4.79 Å². The van der Waals surface area contributed by atoms with E-state index in [9.17, 15) is 4.79 Å². The monoisotopic (exact) mass is 200 g/mol. The van der Waals surface area contributed by atoms with Crippen molar-refractivity contribution in [1.29, 1.82) is 0 Å². The van der Waals surface area contributed by atoms with Crippen molar-refractivity contribution < 1.29 is 4.79 Å². The lowest BCUT2D eigenvalue weighted by molar-refractivity contribution is 0.101. The summed E-state index contributed by atoms with van der Waals surface area (Å²) in [6.07, 6.45) is 6.15. The predicted molar refractivity (Wildman–Crippen MR) is 53.1 cm³/mol. The van der Waals surface area contributed by atoms with Crippen LogP contribution in [0.4, 0.5) is 0 Å². The van der Waals surface area contributed by atoms with Crippen molar-refractivity contribution in [2.24, 2.45) is 0 Å². The Morgan fingerprint density at radius 3 is 2.40 bits per heavy atom. The minimum Gasteiger partial charge on any atom is -0.294 e. The summed E-state index contributed by atoms with van der Waals surface area (Å²) >= 11 is 0. The zero-order chi connectivity index (χ0) is 10.7. The van der Waals surface area contributed by atoms with Gasteiger partial charge in [-0.1, -0.05) is 0 Å². The van der Waals surface area contributed by atoms with Crippen molar-refractivity contribution in [3.63, 3.8) is 0 Å². The summed E-state index contributed by atoms with van der Waals surface area (Å²) < 4.78 is 0. The molecule has 0 unspecified atom stereocenters. The van der Waals surface area contributed by atoms with E-state index in [2.05, 4.69) is 20.2 Å². The molecule has 0 aliphatic rings. The minimum absolute atomic E-state index is 0.0468. The van der Waals surface area contributed by atoms with Gasteiger partial charge >= 0.3 is 0 Å². The molecular formula is C10H8N4O. The highest BCUT2D eigenvalue weighted by atomic mass is 16.1. The largest absolute Gasteiger partial charge is 0.294 e. The molecule has 2 heterocycles. The van der Waals surface area contributed by atoms with Crippen LogP contribution in [0, 0.1) is 0 Å². The first kappa shape index (κ1) is 9.39. The number of aromatic nitrogens is 4. The second-order valence-electron chi connectivity index (χ2n) is 2.98. The molecular weight excluding hydrogens is 192 g/mol. The summed E-state index contributed by atoms with van der Waals surface area (Å²) in [4.78, 5) is 19.1. The number of ketones is 1. The Morgan fingerprint density at radius 2 is 1.87 bits per heavy atom. The summed E-state index contributed by atoms with van der Waals surface area (Å²) in [5.41, 5.74) is 1.28. The third-order valence-corrected chi connectivity index (χ3v) is 1.90. The summed E-state index contributed by atoms with van der Waals surface area (Å²) in [7, 11) is 0. The van der Waals surface area contributed by atoms with Crippen LogP contribution in [0.1, 0.15) is 17.3 Å². The molecule has 2 rings (SSSR count). The first-order chi connectivity index (χ1) is 7.27. The third kappa shape index (κ3) is 2.01. The summed E-state index contributed by atoms with van der Waals surface area (Å²) in [5.74, 6) is 0.490. The van der Waals surface area contributed by atoms with Crippen molar-refractivity contribution >= 4 is 5.78 Å². The lowest BCUT2D eigenvalue weighted by Crippen LogP contribution is -1.97. The van der Waals surface area contributed by atoms with Crippen molar-refractivity contribution in [2.75, 3.05) is 0 Å². The lowest BCUT2D eigenvalue weighted by Gasteiger charge is -1.98. The Bertz CT molecular complexity index is 467. The lowest BCUT2D eigenvalue weighted by atomic mass is 10.2. The SMILES string of the molecule is CC(=O)c1cnc(-c2ccnnc2)nc1. The van der Waals surface area contributed by atoms with Gasteiger partial charge in [-0.2, -0.15) is 10.2 Å². The van der Waals surface area contributed by atoms with E-state index in [1.807, 2.05) is 0 Å². The second-order valence-corrected chi connectivity index (χ2v) is 2.98. The molecule has 5 heteroatoms. The Kier molecular flexibility index (Phi) is 2.45. The molecule has 0 amide bonds. The van der Waals surface area contributed by atoms with Crippen LogP contribution in [-0.4, -0.2) is 25.9 Å². The molecule has 0 radical (unpaired) electrons. The molecule has 0 bridgehead atoms. The van der Waals surface area contributed by atoms with Gasteiger partial charge in [-0.25, -0.2) is 9.97 Å². The molecule has 0 saturated carbocycles. The van der Waals surface area contributed by atoms with E-state index in [1.165, 1.54) is 19.3 Å². The number of hydrogen-bond acceptors (Lipinski definition) is 5. The molecule has 0 spiro atoms. The van der Waals surface area contributed by atoms with Crippen LogP contribution in [0.2, 0.25) is 0 Å². The number of carbonyl (C=O) groups excluding carboxylic acids is 1. The van der Waals surface area contributed by atoms with Gasteiger partial charge in [-0.15, -0.1) is 0 Å². The summed E-state index contributed by atoms with van der Waals surface area (Å²) in [5, 5.41) is 7.38. The summed E-state index contributed by atoms with van der Waals surface area (Å²) in [6, 6.07) is 1.76. The standard InChI is InChI=1S/C10H8N4O/c1-7(15)9-4-11-10(12-5-9)8-2-3-13-14-6-8/h2-6H,1H3. The highest BCUT2D eigenvalue weighted by Crippen LogP contribution is 2.11. The van der Waals surface area contributed by atoms with Gasteiger partial charge in [0, 0.05) is 18.0 Å². The molecule has 2 aromatic rings. The van der Waals surface area contributed by atoms with Crippen LogP contribution < -0.4 is 0 Å². The fourth-order valence-electron chi connectivity index (χ4n) is 1.08. The van der Waals surface area contributed by atoms with E-state index >= 15 is 0 Å². The molecule has 2 aromatic heterocycles. The number of carbonyl (C=O) groups is 1. The third-order valence-electron chi connectivity index (χ3n) is 1.90. The molecule has 0 N–H and O–H groups in total. The Labute approximate surface area is 86.2 Å². The first-order valence-electron chi connectivity index (χ1n) is 4.37. The molecule has 15 heavy (non-hydrogen) atoms. The van der Waals surface area contributed by atoms with E-state index in [0.29, 0.717) is 11.4 Å². The van der Waals surface area contributed by atoms with Gasteiger partial charge in [-0.05, 0) is 13.0 Å². The van der Waals surface area contributed by atoms with E-state index in [4.69, 9.17) is 0 Å². The van der Waals surface area contributed by atoms with E-state index < -0.39 is 0 Å². The van der Waals surface area contributed by atoms with E-state index in [-0.39, 0.29) is 5.78 Å².